The van der Waals surface area contributed by atoms with Crippen molar-refractivity contribution in [3.05, 3.63) is 64.2 Å². The van der Waals surface area contributed by atoms with E-state index in [9.17, 15) is 9.90 Å². The Morgan fingerprint density at radius 1 is 1.19 bits per heavy atom. The Morgan fingerprint density at radius 2 is 1.90 bits per heavy atom. The fourth-order valence-electron chi connectivity index (χ4n) is 2.72. The van der Waals surface area contributed by atoms with Crippen LogP contribution < -0.4 is 4.74 Å². The Balaban J connectivity index is 1.99. The van der Waals surface area contributed by atoms with Gasteiger partial charge in [0.2, 0.25) is 0 Å². The first-order valence-electron chi connectivity index (χ1n) is 6.86. The Morgan fingerprint density at radius 3 is 2.62 bits per heavy atom. The van der Waals surface area contributed by atoms with Crippen molar-refractivity contribution in [1.29, 1.82) is 0 Å². The maximum atomic E-state index is 11.2. The summed E-state index contributed by atoms with van der Waals surface area (Å²) in [4.78, 5) is 11.2. The molecule has 1 aliphatic rings. The van der Waals surface area contributed by atoms with Crippen LogP contribution >= 0.6 is 11.6 Å². The Hall–Kier alpha value is -2.00. The SMILES string of the molecule is O=C(O)CC(c1ccc(Cl)cc1)c1ccc2c(c1)CCO2. The van der Waals surface area contributed by atoms with E-state index in [4.69, 9.17) is 16.3 Å². The molecule has 2 aromatic rings. The van der Waals surface area contributed by atoms with E-state index in [2.05, 4.69) is 6.07 Å². The highest BCUT2D eigenvalue weighted by atomic mass is 35.5. The minimum absolute atomic E-state index is 0.0568. The first-order valence-corrected chi connectivity index (χ1v) is 7.24. The number of carbonyl (C=O) groups is 1. The molecular weight excluding hydrogens is 288 g/mol. The molecule has 0 aromatic heterocycles. The number of carboxylic acid groups (broad SMARTS) is 1. The molecular formula is C17H15ClO3. The molecule has 0 saturated heterocycles. The van der Waals surface area contributed by atoms with Crippen LogP contribution in [0.1, 0.15) is 29.0 Å². The molecule has 3 rings (SSSR count). The van der Waals surface area contributed by atoms with Gasteiger partial charge in [-0.1, -0.05) is 35.9 Å². The largest absolute Gasteiger partial charge is 0.493 e. The van der Waals surface area contributed by atoms with Crippen LogP contribution in [-0.4, -0.2) is 17.7 Å². The minimum atomic E-state index is -0.813. The first-order chi connectivity index (χ1) is 10.1. The predicted octanol–water partition coefficient (Wildman–Crippen LogP) is 3.88. The first kappa shape index (κ1) is 14.0. The van der Waals surface area contributed by atoms with Crippen LogP contribution in [0.25, 0.3) is 0 Å². The Bertz CT molecular complexity index is 664. The second-order valence-corrected chi connectivity index (χ2v) is 5.60. The average molecular weight is 303 g/mol. The van der Waals surface area contributed by atoms with Crippen LogP contribution in [0, 0.1) is 0 Å². The maximum Gasteiger partial charge on any atom is 0.304 e. The zero-order chi connectivity index (χ0) is 14.8. The minimum Gasteiger partial charge on any atom is -0.493 e. The molecule has 0 bridgehead atoms. The quantitative estimate of drug-likeness (QED) is 0.932. The van der Waals surface area contributed by atoms with Crippen LogP contribution in [0.4, 0.5) is 0 Å². The fraction of sp³-hybridized carbons (Fsp3) is 0.235. The number of carboxylic acids is 1. The molecule has 1 unspecified atom stereocenters. The van der Waals surface area contributed by atoms with Crippen LogP contribution in [0.5, 0.6) is 5.75 Å². The molecule has 108 valence electrons. The van der Waals surface area contributed by atoms with Gasteiger partial charge in [0.25, 0.3) is 0 Å². The number of aliphatic carboxylic acids is 1. The highest BCUT2D eigenvalue weighted by molar-refractivity contribution is 6.30. The molecule has 0 saturated carbocycles. The molecule has 3 nitrogen and oxygen atoms in total. The third-order valence-corrected chi connectivity index (χ3v) is 4.02. The van der Waals surface area contributed by atoms with E-state index in [0.717, 1.165) is 28.9 Å². The summed E-state index contributed by atoms with van der Waals surface area (Å²) in [6, 6.07) is 13.3. The van der Waals surface area contributed by atoms with Gasteiger partial charge in [-0.2, -0.15) is 0 Å². The molecule has 2 aromatic carbocycles. The topological polar surface area (TPSA) is 46.5 Å². The summed E-state index contributed by atoms with van der Waals surface area (Å²) in [5.41, 5.74) is 3.11. The highest BCUT2D eigenvalue weighted by Crippen LogP contribution is 2.34. The van der Waals surface area contributed by atoms with E-state index in [1.165, 1.54) is 0 Å². The zero-order valence-electron chi connectivity index (χ0n) is 11.4. The number of halogens is 1. The summed E-state index contributed by atoms with van der Waals surface area (Å²) in [6.45, 7) is 0.698. The highest BCUT2D eigenvalue weighted by Gasteiger charge is 2.21. The van der Waals surface area contributed by atoms with Crippen molar-refractivity contribution in [1.82, 2.24) is 0 Å². The Labute approximate surface area is 128 Å². The van der Waals surface area contributed by atoms with E-state index >= 15 is 0 Å². The molecule has 1 heterocycles. The lowest BCUT2D eigenvalue weighted by Crippen LogP contribution is -2.08. The third-order valence-electron chi connectivity index (χ3n) is 3.77. The van der Waals surface area contributed by atoms with Crippen LogP contribution in [-0.2, 0) is 11.2 Å². The van der Waals surface area contributed by atoms with E-state index in [1.54, 1.807) is 12.1 Å². The lowest BCUT2D eigenvalue weighted by molar-refractivity contribution is -0.137. The summed E-state index contributed by atoms with van der Waals surface area (Å²) < 4.78 is 5.50. The molecule has 1 aliphatic heterocycles. The summed E-state index contributed by atoms with van der Waals surface area (Å²) in [5.74, 6) is -0.0821. The maximum absolute atomic E-state index is 11.2. The van der Waals surface area contributed by atoms with Gasteiger partial charge in [0, 0.05) is 17.4 Å². The molecule has 21 heavy (non-hydrogen) atoms. The van der Waals surface area contributed by atoms with E-state index in [1.807, 2.05) is 24.3 Å². The van der Waals surface area contributed by atoms with E-state index in [0.29, 0.717) is 11.6 Å². The second-order valence-electron chi connectivity index (χ2n) is 5.17. The van der Waals surface area contributed by atoms with Crippen molar-refractivity contribution in [3.63, 3.8) is 0 Å². The number of rotatable bonds is 4. The summed E-state index contributed by atoms with van der Waals surface area (Å²) in [5, 5.41) is 9.85. The van der Waals surface area contributed by atoms with Gasteiger partial charge in [0.1, 0.15) is 5.75 Å². The monoisotopic (exact) mass is 302 g/mol. The van der Waals surface area contributed by atoms with Gasteiger partial charge >= 0.3 is 5.97 Å². The number of hydrogen-bond donors (Lipinski definition) is 1. The van der Waals surface area contributed by atoms with E-state index < -0.39 is 5.97 Å². The van der Waals surface area contributed by atoms with Gasteiger partial charge in [0.05, 0.1) is 13.0 Å². The van der Waals surface area contributed by atoms with Crippen molar-refractivity contribution in [2.45, 2.75) is 18.8 Å². The summed E-state index contributed by atoms with van der Waals surface area (Å²) in [6.07, 6.45) is 0.935. The smallest absolute Gasteiger partial charge is 0.304 e. The van der Waals surface area contributed by atoms with Crippen molar-refractivity contribution in [3.8, 4) is 5.75 Å². The van der Waals surface area contributed by atoms with Gasteiger partial charge in [-0.3, -0.25) is 4.79 Å². The normalized spacial score (nSPS) is 14.3. The van der Waals surface area contributed by atoms with Gasteiger partial charge in [-0.05, 0) is 34.9 Å². The fourth-order valence-corrected chi connectivity index (χ4v) is 2.85. The number of ether oxygens (including phenoxy) is 1. The molecule has 0 amide bonds. The van der Waals surface area contributed by atoms with Gasteiger partial charge in [0.15, 0.2) is 0 Å². The van der Waals surface area contributed by atoms with Crippen molar-refractivity contribution < 1.29 is 14.6 Å². The van der Waals surface area contributed by atoms with Crippen LogP contribution in [0.3, 0.4) is 0 Å². The van der Waals surface area contributed by atoms with Gasteiger partial charge in [-0.15, -0.1) is 0 Å². The number of benzene rings is 2. The molecule has 0 spiro atoms. The lowest BCUT2D eigenvalue weighted by atomic mass is 9.87. The summed E-state index contributed by atoms with van der Waals surface area (Å²) >= 11 is 5.91. The Kier molecular flexibility index (Phi) is 3.84. The number of fused-ring (bicyclic) bond motifs is 1. The third kappa shape index (κ3) is 3.03. The molecule has 0 aliphatic carbocycles. The zero-order valence-corrected chi connectivity index (χ0v) is 12.1. The van der Waals surface area contributed by atoms with Crippen LogP contribution in [0.2, 0.25) is 5.02 Å². The van der Waals surface area contributed by atoms with Gasteiger partial charge in [-0.25, -0.2) is 0 Å². The molecule has 1 N–H and O–H groups in total. The average Bonchev–Trinajstić information content (AvgIpc) is 2.93. The second kappa shape index (κ2) is 5.78. The van der Waals surface area contributed by atoms with Crippen LogP contribution in [0.15, 0.2) is 42.5 Å². The standard InChI is InChI=1S/C17H15ClO3/c18-14-4-1-11(2-5-14)15(10-17(19)20)12-3-6-16-13(9-12)7-8-21-16/h1-6,9,15H,7-8,10H2,(H,19,20). The van der Waals surface area contributed by atoms with Crippen molar-refractivity contribution in [2.75, 3.05) is 6.61 Å². The molecule has 0 radical (unpaired) electrons. The summed E-state index contributed by atoms with van der Waals surface area (Å²) in [7, 11) is 0. The molecule has 4 heteroatoms. The van der Waals surface area contributed by atoms with Gasteiger partial charge < -0.3 is 9.84 Å². The van der Waals surface area contributed by atoms with Crippen molar-refractivity contribution >= 4 is 17.6 Å². The van der Waals surface area contributed by atoms with Crippen molar-refractivity contribution in [2.24, 2.45) is 0 Å². The number of hydrogen-bond acceptors (Lipinski definition) is 2. The lowest BCUT2D eigenvalue weighted by Gasteiger charge is -2.17. The molecule has 0 fully saturated rings. The van der Waals surface area contributed by atoms with E-state index in [-0.39, 0.29) is 12.3 Å². The molecule has 1 atom stereocenters. The predicted molar refractivity (Wildman–Crippen MR) is 81.2 cm³/mol.